The Kier molecular flexibility index (Phi) is 4.90. The number of rotatable bonds is 2. The number of amides is 1. The second-order valence-corrected chi connectivity index (χ2v) is 2.32. The number of carbonyl (C=O) groups is 1. The van der Waals surface area contributed by atoms with Crippen LogP contribution < -0.4 is 16.0 Å². The molecule has 0 radical (unpaired) electrons. The molecule has 1 amide bonds. The highest BCUT2D eigenvalue weighted by Gasteiger charge is 2.07. The largest absolute Gasteiger partial charge is 0.494 e. The van der Waals surface area contributed by atoms with Gasteiger partial charge in [-0.25, -0.2) is 10.2 Å². The standard InChI is InChI=1S/C8H9FN2O2.ClH/c1-13-7-3-2-5(4-6(7)9)8(12)11-10;/h2-4H,10H2,1H3,(H,11,12);1H. The van der Waals surface area contributed by atoms with Crippen LogP contribution in [-0.4, -0.2) is 13.0 Å². The normalized spacial score (nSPS) is 8.79. The van der Waals surface area contributed by atoms with Crippen molar-refractivity contribution in [3.8, 4) is 5.75 Å². The zero-order valence-corrected chi connectivity index (χ0v) is 8.23. The molecule has 0 aliphatic carbocycles. The predicted octanol–water partition coefficient (Wildman–Crippen LogP) is 0.860. The number of nitrogens with two attached hydrogens (primary N) is 1. The molecular weight excluding hydrogens is 211 g/mol. The van der Waals surface area contributed by atoms with Gasteiger partial charge in [0, 0.05) is 5.56 Å². The van der Waals surface area contributed by atoms with Gasteiger partial charge in [-0.2, -0.15) is 0 Å². The van der Waals surface area contributed by atoms with Crippen LogP contribution in [0.1, 0.15) is 10.4 Å². The first-order chi connectivity index (χ1) is 6.19. The van der Waals surface area contributed by atoms with Crippen molar-refractivity contribution in [3.63, 3.8) is 0 Å². The molecule has 0 aliphatic rings. The number of halogens is 2. The predicted molar refractivity (Wildman–Crippen MR) is 51.9 cm³/mol. The summed E-state index contributed by atoms with van der Waals surface area (Å²) in [5.41, 5.74) is 2.05. The fourth-order valence-corrected chi connectivity index (χ4v) is 0.891. The van der Waals surface area contributed by atoms with E-state index in [1.54, 1.807) is 0 Å². The van der Waals surface area contributed by atoms with Gasteiger partial charge in [0.1, 0.15) is 0 Å². The number of methoxy groups -OCH3 is 1. The van der Waals surface area contributed by atoms with Crippen LogP contribution in [-0.2, 0) is 0 Å². The van der Waals surface area contributed by atoms with Crippen molar-refractivity contribution >= 4 is 18.3 Å². The van der Waals surface area contributed by atoms with E-state index in [0.717, 1.165) is 6.07 Å². The van der Waals surface area contributed by atoms with E-state index in [4.69, 9.17) is 5.84 Å². The fourth-order valence-electron chi connectivity index (χ4n) is 0.891. The lowest BCUT2D eigenvalue weighted by Crippen LogP contribution is -2.30. The van der Waals surface area contributed by atoms with E-state index in [1.807, 2.05) is 5.43 Å². The highest BCUT2D eigenvalue weighted by Crippen LogP contribution is 2.17. The van der Waals surface area contributed by atoms with Crippen LogP contribution in [0.2, 0.25) is 0 Å². The van der Waals surface area contributed by atoms with Crippen LogP contribution in [0.4, 0.5) is 4.39 Å². The maximum atomic E-state index is 13.0. The molecule has 1 rings (SSSR count). The highest BCUT2D eigenvalue weighted by atomic mass is 35.5. The van der Waals surface area contributed by atoms with Crippen molar-refractivity contribution in [1.29, 1.82) is 0 Å². The number of nitrogen functional groups attached to an aromatic ring is 1. The average molecular weight is 221 g/mol. The molecule has 0 atom stereocenters. The molecule has 0 aromatic heterocycles. The number of hydrogen-bond acceptors (Lipinski definition) is 3. The Morgan fingerprint density at radius 3 is 2.64 bits per heavy atom. The Bertz CT molecular complexity index is 333. The summed E-state index contributed by atoms with van der Waals surface area (Å²) in [5.74, 6) is 3.83. The zero-order valence-electron chi connectivity index (χ0n) is 7.41. The number of benzene rings is 1. The van der Waals surface area contributed by atoms with E-state index < -0.39 is 11.7 Å². The zero-order chi connectivity index (χ0) is 9.84. The van der Waals surface area contributed by atoms with E-state index in [1.165, 1.54) is 19.2 Å². The van der Waals surface area contributed by atoms with Gasteiger partial charge in [0.15, 0.2) is 11.6 Å². The fraction of sp³-hybridized carbons (Fsp3) is 0.125. The van der Waals surface area contributed by atoms with Crippen molar-refractivity contribution in [1.82, 2.24) is 5.43 Å². The van der Waals surface area contributed by atoms with Gasteiger partial charge in [-0.15, -0.1) is 12.4 Å². The molecule has 0 saturated carbocycles. The monoisotopic (exact) mass is 220 g/mol. The molecule has 0 heterocycles. The first kappa shape index (κ1) is 12.7. The molecule has 4 nitrogen and oxygen atoms in total. The van der Waals surface area contributed by atoms with Gasteiger partial charge >= 0.3 is 0 Å². The number of nitrogens with one attached hydrogen (secondary N) is 1. The van der Waals surface area contributed by atoms with Gasteiger partial charge in [-0.05, 0) is 18.2 Å². The van der Waals surface area contributed by atoms with Gasteiger partial charge in [-0.1, -0.05) is 0 Å². The minimum Gasteiger partial charge on any atom is -0.494 e. The number of ether oxygens (including phenoxy) is 1. The van der Waals surface area contributed by atoms with Crippen LogP contribution >= 0.6 is 12.4 Å². The van der Waals surface area contributed by atoms with Crippen molar-refractivity contribution in [2.75, 3.05) is 7.11 Å². The van der Waals surface area contributed by atoms with Gasteiger partial charge in [-0.3, -0.25) is 10.2 Å². The van der Waals surface area contributed by atoms with Crippen molar-refractivity contribution < 1.29 is 13.9 Å². The first-order valence-corrected chi connectivity index (χ1v) is 3.53. The molecule has 0 bridgehead atoms. The Labute approximate surface area is 86.6 Å². The Hall–Kier alpha value is -1.33. The number of hydrogen-bond donors (Lipinski definition) is 2. The van der Waals surface area contributed by atoms with Crippen LogP contribution in [0.5, 0.6) is 5.75 Å². The van der Waals surface area contributed by atoms with E-state index in [9.17, 15) is 9.18 Å². The molecule has 6 heteroatoms. The maximum Gasteiger partial charge on any atom is 0.265 e. The third-order valence-corrected chi connectivity index (χ3v) is 1.55. The lowest BCUT2D eigenvalue weighted by molar-refractivity contribution is 0.0953. The second kappa shape index (κ2) is 5.41. The summed E-state index contributed by atoms with van der Waals surface area (Å²) in [6.07, 6.45) is 0. The van der Waals surface area contributed by atoms with E-state index in [0.29, 0.717) is 0 Å². The maximum absolute atomic E-state index is 13.0. The van der Waals surface area contributed by atoms with E-state index in [2.05, 4.69) is 4.74 Å². The number of carbonyl (C=O) groups excluding carboxylic acids is 1. The minimum absolute atomic E-state index is 0. The molecule has 14 heavy (non-hydrogen) atoms. The SMILES string of the molecule is COc1ccc(C(=O)NN)cc1F.Cl. The molecule has 3 N–H and O–H groups in total. The summed E-state index contributed by atoms with van der Waals surface area (Å²) in [7, 11) is 1.35. The van der Waals surface area contributed by atoms with Crippen LogP contribution in [0, 0.1) is 5.82 Å². The quantitative estimate of drug-likeness (QED) is 0.441. The third kappa shape index (κ3) is 2.58. The topological polar surface area (TPSA) is 64.3 Å². The molecular formula is C8H10ClFN2O2. The number of hydrazine groups is 1. The van der Waals surface area contributed by atoms with Crippen molar-refractivity contribution in [2.24, 2.45) is 5.84 Å². The highest BCUT2D eigenvalue weighted by molar-refractivity contribution is 5.93. The van der Waals surface area contributed by atoms with E-state index in [-0.39, 0.29) is 23.7 Å². The average Bonchev–Trinajstić information content (AvgIpc) is 2.16. The summed E-state index contributed by atoms with van der Waals surface area (Å²) in [6.45, 7) is 0. The van der Waals surface area contributed by atoms with Gasteiger partial charge in [0.25, 0.3) is 5.91 Å². The lowest BCUT2D eigenvalue weighted by Gasteiger charge is -2.03. The smallest absolute Gasteiger partial charge is 0.265 e. The lowest BCUT2D eigenvalue weighted by atomic mass is 10.2. The van der Waals surface area contributed by atoms with Gasteiger partial charge in [0.05, 0.1) is 7.11 Å². The molecule has 1 aromatic carbocycles. The molecule has 0 spiro atoms. The molecule has 0 saturated heterocycles. The minimum atomic E-state index is -0.594. The molecule has 0 unspecified atom stereocenters. The Morgan fingerprint density at radius 1 is 1.57 bits per heavy atom. The summed E-state index contributed by atoms with van der Waals surface area (Å²) in [5, 5.41) is 0. The Balaban J connectivity index is 0.00000169. The van der Waals surface area contributed by atoms with Crippen LogP contribution in [0.25, 0.3) is 0 Å². The van der Waals surface area contributed by atoms with Crippen LogP contribution in [0.15, 0.2) is 18.2 Å². The van der Waals surface area contributed by atoms with Crippen molar-refractivity contribution in [3.05, 3.63) is 29.6 Å². The van der Waals surface area contributed by atoms with Gasteiger partial charge in [0.2, 0.25) is 0 Å². The second-order valence-electron chi connectivity index (χ2n) is 2.32. The first-order valence-electron chi connectivity index (χ1n) is 3.53. The molecule has 0 fully saturated rings. The van der Waals surface area contributed by atoms with Gasteiger partial charge < -0.3 is 4.74 Å². The summed E-state index contributed by atoms with van der Waals surface area (Å²) < 4.78 is 17.7. The van der Waals surface area contributed by atoms with Crippen LogP contribution in [0.3, 0.4) is 0 Å². The summed E-state index contributed by atoms with van der Waals surface area (Å²) in [4.78, 5) is 10.9. The Morgan fingerprint density at radius 2 is 2.21 bits per heavy atom. The molecule has 1 aromatic rings. The molecule has 0 aliphatic heterocycles. The van der Waals surface area contributed by atoms with Crippen molar-refractivity contribution in [2.45, 2.75) is 0 Å². The summed E-state index contributed by atoms with van der Waals surface area (Å²) in [6, 6.07) is 3.84. The van der Waals surface area contributed by atoms with E-state index >= 15 is 0 Å². The summed E-state index contributed by atoms with van der Waals surface area (Å²) >= 11 is 0. The third-order valence-electron chi connectivity index (χ3n) is 1.55. The molecule has 78 valence electrons.